The van der Waals surface area contributed by atoms with Crippen LogP contribution in [-0.4, -0.2) is 45.7 Å². The zero-order chi connectivity index (χ0) is 13.5. The van der Waals surface area contributed by atoms with E-state index in [9.17, 15) is 9.90 Å². The van der Waals surface area contributed by atoms with Crippen molar-refractivity contribution in [3.8, 4) is 11.5 Å². The van der Waals surface area contributed by atoms with Crippen molar-refractivity contribution in [1.29, 1.82) is 0 Å². The average Bonchev–Trinajstić information content (AvgIpc) is 2.37. The van der Waals surface area contributed by atoms with Crippen LogP contribution in [0.25, 0.3) is 0 Å². The van der Waals surface area contributed by atoms with E-state index in [0.717, 1.165) is 0 Å². The van der Waals surface area contributed by atoms with Crippen molar-refractivity contribution in [3.63, 3.8) is 0 Å². The van der Waals surface area contributed by atoms with E-state index >= 15 is 0 Å². The molecule has 0 spiro atoms. The molecule has 1 aromatic carbocycles. The molecule has 0 heterocycles. The van der Waals surface area contributed by atoms with Gasteiger partial charge in [0, 0.05) is 6.42 Å². The highest BCUT2D eigenvalue weighted by atomic mass is 16.5. The van der Waals surface area contributed by atoms with E-state index in [1.54, 1.807) is 6.07 Å². The number of ether oxygens (including phenoxy) is 1. The second-order valence-corrected chi connectivity index (χ2v) is 3.84. The fourth-order valence-corrected chi connectivity index (χ4v) is 1.28. The Morgan fingerprint density at radius 2 is 2.00 bits per heavy atom. The second kappa shape index (κ2) is 6.83. The first kappa shape index (κ1) is 14.3. The number of hydrogen-bond acceptors (Lipinski definition) is 6. The van der Waals surface area contributed by atoms with Crippen LogP contribution in [0.15, 0.2) is 18.2 Å². The highest BCUT2D eigenvalue weighted by Gasteiger charge is 2.08. The molecule has 0 aromatic heterocycles. The van der Waals surface area contributed by atoms with Gasteiger partial charge in [0.15, 0.2) is 11.5 Å². The predicted molar refractivity (Wildman–Crippen MR) is 62.1 cm³/mol. The lowest BCUT2D eigenvalue weighted by atomic mass is 10.1. The van der Waals surface area contributed by atoms with Gasteiger partial charge in [-0.2, -0.15) is 0 Å². The molecule has 18 heavy (non-hydrogen) atoms. The van der Waals surface area contributed by atoms with Gasteiger partial charge in [0.05, 0.1) is 6.61 Å². The van der Waals surface area contributed by atoms with Crippen LogP contribution in [0.3, 0.4) is 0 Å². The summed E-state index contributed by atoms with van der Waals surface area (Å²) < 4.78 is 4.71. The van der Waals surface area contributed by atoms with Gasteiger partial charge in [-0.1, -0.05) is 6.07 Å². The molecule has 6 nitrogen and oxygen atoms in total. The van der Waals surface area contributed by atoms with Gasteiger partial charge in [-0.25, -0.2) is 0 Å². The molecular formula is C12H16O6. The number of aryl methyl sites for hydroxylation is 1. The van der Waals surface area contributed by atoms with Gasteiger partial charge in [-0.3, -0.25) is 4.79 Å². The Balaban J connectivity index is 2.36. The maximum Gasteiger partial charge on any atom is 0.306 e. The van der Waals surface area contributed by atoms with E-state index < -0.39 is 18.7 Å². The van der Waals surface area contributed by atoms with Crippen LogP contribution < -0.4 is 0 Å². The lowest BCUT2D eigenvalue weighted by Crippen LogP contribution is -2.22. The van der Waals surface area contributed by atoms with Crippen molar-refractivity contribution in [3.05, 3.63) is 23.8 Å². The van der Waals surface area contributed by atoms with Gasteiger partial charge < -0.3 is 25.2 Å². The standard InChI is InChI=1S/C12H16O6/c13-6-9(14)7-18-12(17)4-2-8-1-3-10(15)11(16)5-8/h1,3,5,9,13-16H,2,4,6-7H2/t9-/m1/s1. The number of rotatable bonds is 6. The lowest BCUT2D eigenvalue weighted by molar-refractivity contribution is -0.147. The molecule has 0 saturated carbocycles. The highest BCUT2D eigenvalue weighted by molar-refractivity contribution is 5.69. The normalized spacial score (nSPS) is 12.1. The molecule has 0 bridgehead atoms. The van der Waals surface area contributed by atoms with E-state index in [0.29, 0.717) is 12.0 Å². The Kier molecular flexibility index (Phi) is 5.41. The van der Waals surface area contributed by atoms with E-state index in [-0.39, 0.29) is 24.5 Å². The minimum absolute atomic E-state index is 0.0857. The monoisotopic (exact) mass is 256 g/mol. The van der Waals surface area contributed by atoms with Gasteiger partial charge in [0.25, 0.3) is 0 Å². The Hall–Kier alpha value is -1.79. The quantitative estimate of drug-likeness (QED) is 0.419. The minimum atomic E-state index is -1.06. The Morgan fingerprint density at radius 1 is 1.28 bits per heavy atom. The largest absolute Gasteiger partial charge is 0.504 e. The number of hydrogen-bond donors (Lipinski definition) is 4. The molecule has 0 aliphatic carbocycles. The summed E-state index contributed by atoms with van der Waals surface area (Å²) in [6.45, 7) is -0.699. The van der Waals surface area contributed by atoms with Gasteiger partial charge in [-0.15, -0.1) is 0 Å². The number of phenolic OH excluding ortho intramolecular Hbond substituents is 2. The zero-order valence-electron chi connectivity index (χ0n) is 9.74. The number of aliphatic hydroxyl groups is 2. The number of carbonyl (C=O) groups is 1. The maximum absolute atomic E-state index is 11.3. The summed E-state index contributed by atoms with van der Waals surface area (Å²) in [5.74, 6) is -0.959. The van der Waals surface area contributed by atoms with Crippen LogP contribution in [-0.2, 0) is 16.0 Å². The maximum atomic E-state index is 11.3. The third-order valence-electron chi connectivity index (χ3n) is 2.31. The predicted octanol–water partition coefficient (Wildman–Crippen LogP) is -0.0732. The third kappa shape index (κ3) is 4.60. The van der Waals surface area contributed by atoms with Crippen molar-refractivity contribution >= 4 is 5.97 Å². The van der Waals surface area contributed by atoms with Crippen molar-refractivity contribution in [2.45, 2.75) is 18.9 Å². The van der Waals surface area contributed by atoms with E-state index in [4.69, 9.17) is 20.1 Å². The molecule has 0 radical (unpaired) electrons. The average molecular weight is 256 g/mol. The smallest absolute Gasteiger partial charge is 0.306 e. The minimum Gasteiger partial charge on any atom is -0.504 e. The lowest BCUT2D eigenvalue weighted by Gasteiger charge is -2.08. The van der Waals surface area contributed by atoms with Crippen LogP contribution in [0.4, 0.5) is 0 Å². The molecule has 0 aliphatic rings. The molecule has 0 amide bonds. The van der Waals surface area contributed by atoms with Gasteiger partial charge in [0.2, 0.25) is 0 Å². The number of benzene rings is 1. The van der Waals surface area contributed by atoms with E-state index in [2.05, 4.69) is 0 Å². The highest BCUT2D eigenvalue weighted by Crippen LogP contribution is 2.25. The number of aliphatic hydroxyl groups excluding tert-OH is 2. The molecule has 6 heteroatoms. The summed E-state index contributed by atoms with van der Waals surface area (Å²) in [4.78, 5) is 11.3. The summed E-state index contributed by atoms with van der Waals surface area (Å²) in [6.07, 6.45) is -0.628. The summed E-state index contributed by atoms with van der Waals surface area (Å²) in [7, 11) is 0. The molecule has 100 valence electrons. The number of aromatic hydroxyl groups is 2. The fourth-order valence-electron chi connectivity index (χ4n) is 1.28. The molecular weight excluding hydrogens is 240 g/mol. The van der Waals surface area contributed by atoms with Crippen LogP contribution in [0, 0.1) is 0 Å². The Bertz CT molecular complexity index is 404. The van der Waals surface area contributed by atoms with Crippen molar-refractivity contribution in [2.24, 2.45) is 0 Å². The first-order valence-electron chi connectivity index (χ1n) is 5.48. The Labute approximate surface area is 104 Å². The summed E-state index contributed by atoms with van der Waals surface area (Å²) in [5.41, 5.74) is 0.685. The molecule has 1 aromatic rings. The SMILES string of the molecule is O=C(CCc1ccc(O)c(O)c1)OC[C@H](O)CO. The van der Waals surface area contributed by atoms with E-state index in [1.807, 2.05) is 0 Å². The van der Waals surface area contributed by atoms with Gasteiger partial charge >= 0.3 is 5.97 Å². The number of phenols is 2. The zero-order valence-corrected chi connectivity index (χ0v) is 9.74. The number of carbonyl (C=O) groups excluding carboxylic acids is 1. The Morgan fingerprint density at radius 3 is 2.61 bits per heavy atom. The fraction of sp³-hybridized carbons (Fsp3) is 0.417. The van der Waals surface area contributed by atoms with Crippen molar-refractivity contribution in [1.82, 2.24) is 0 Å². The third-order valence-corrected chi connectivity index (χ3v) is 2.31. The second-order valence-electron chi connectivity index (χ2n) is 3.84. The summed E-state index contributed by atoms with van der Waals surface area (Å²) in [6, 6.07) is 4.29. The molecule has 1 atom stereocenters. The molecule has 0 aliphatic heterocycles. The summed E-state index contributed by atoms with van der Waals surface area (Å²) >= 11 is 0. The first-order chi connectivity index (χ1) is 8.52. The van der Waals surface area contributed by atoms with Gasteiger partial charge in [0.1, 0.15) is 12.7 Å². The molecule has 0 unspecified atom stereocenters. The van der Waals surface area contributed by atoms with Crippen LogP contribution in [0.5, 0.6) is 11.5 Å². The molecule has 0 fully saturated rings. The van der Waals surface area contributed by atoms with E-state index in [1.165, 1.54) is 12.1 Å². The van der Waals surface area contributed by atoms with Crippen LogP contribution in [0.2, 0.25) is 0 Å². The summed E-state index contributed by atoms with van der Waals surface area (Å²) in [5, 5.41) is 35.8. The molecule has 0 saturated heterocycles. The van der Waals surface area contributed by atoms with Crippen molar-refractivity contribution < 1.29 is 30.0 Å². The number of esters is 1. The molecule has 4 N–H and O–H groups in total. The first-order valence-corrected chi connectivity index (χ1v) is 5.48. The topological polar surface area (TPSA) is 107 Å². The van der Waals surface area contributed by atoms with Crippen molar-refractivity contribution in [2.75, 3.05) is 13.2 Å². The van der Waals surface area contributed by atoms with Crippen LogP contribution in [0.1, 0.15) is 12.0 Å². The van der Waals surface area contributed by atoms with Gasteiger partial charge in [-0.05, 0) is 24.1 Å². The molecule has 1 rings (SSSR count). The van der Waals surface area contributed by atoms with Crippen LogP contribution >= 0.6 is 0 Å².